The number of pyridine rings is 1. The van der Waals surface area contributed by atoms with E-state index in [1.807, 2.05) is 19.1 Å². The summed E-state index contributed by atoms with van der Waals surface area (Å²) in [6.07, 6.45) is 9.04. The molecule has 4 nitrogen and oxygen atoms in total. The van der Waals surface area contributed by atoms with Gasteiger partial charge in [0.15, 0.2) is 0 Å². The third kappa shape index (κ3) is 5.22. The third-order valence-corrected chi connectivity index (χ3v) is 5.57. The Morgan fingerprint density at radius 3 is 2.41 bits per heavy atom. The quantitative estimate of drug-likeness (QED) is 0.767. The summed E-state index contributed by atoms with van der Waals surface area (Å²) >= 11 is 0. The van der Waals surface area contributed by atoms with Crippen molar-refractivity contribution in [3.05, 3.63) is 48.3 Å². The van der Waals surface area contributed by atoms with E-state index in [9.17, 15) is 4.79 Å². The first-order valence-corrected chi connectivity index (χ1v) is 9.24. The molecule has 1 aromatic carbocycles. The minimum Gasteiger partial charge on any atom is -0.326 e. The number of halogens is 2. The number of aromatic nitrogens is 1. The molecular formula is C21H27Cl2N3O. The van der Waals surface area contributed by atoms with Gasteiger partial charge >= 0.3 is 0 Å². The van der Waals surface area contributed by atoms with Crippen LogP contribution in [0.5, 0.6) is 0 Å². The predicted octanol–water partition coefficient (Wildman–Crippen LogP) is 4.76. The number of fused-ring (bicyclic) bond motifs is 2. The SMILES string of the molecule is Cc1ccc(-c2ccncc2)cc1NC(=O)CC1CC2CCC(C1)N2.Cl.Cl. The molecule has 2 aromatic rings. The molecule has 2 bridgehead atoms. The molecule has 2 fully saturated rings. The van der Waals surface area contributed by atoms with Crippen molar-refractivity contribution < 1.29 is 4.79 Å². The summed E-state index contributed by atoms with van der Waals surface area (Å²) < 4.78 is 0. The van der Waals surface area contributed by atoms with Crippen molar-refractivity contribution in [2.24, 2.45) is 5.92 Å². The average molecular weight is 408 g/mol. The Labute approximate surface area is 173 Å². The molecule has 1 aromatic heterocycles. The van der Waals surface area contributed by atoms with Crippen LogP contribution in [0.15, 0.2) is 42.7 Å². The number of benzene rings is 1. The lowest BCUT2D eigenvalue weighted by Crippen LogP contribution is -2.39. The highest BCUT2D eigenvalue weighted by molar-refractivity contribution is 5.92. The Kier molecular flexibility index (Phi) is 7.66. The first-order chi connectivity index (χ1) is 12.2. The number of hydrogen-bond donors (Lipinski definition) is 2. The van der Waals surface area contributed by atoms with Gasteiger partial charge in [0.2, 0.25) is 5.91 Å². The molecule has 0 spiro atoms. The minimum absolute atomic E-state index is 0. The van der Waals surface area contributed by atoms with E-state index < -0.39 is 0 Å². The fourth-order valence-electron chi connectivity index (χ4n) is 4.29. The molecule has 6 heteroatoms. The van der Waals surface area contributed by atoms with Gasteiger partial charge in [0.1, 0.15) is 0 Å². The molecule has 2 saturated heterocycles. The fourth-order valence-corrected chi connectivity index (χ4v) is 4.29. The normalized spacial score (nSPS) is 23.1. The highest BCUT2D eigenvalue weighted by Crippen LogP contribution is 2.33. The number of nitrogens with zero attached hydrogens (tertiary/aromatic N) is 1. The number of amides is 1. The topological polar surface area (TPSA) is 54.0 Å². The molecule has 0 aliphatic carbocycles. The number of carbonyl (C=O) groups is 1. The van der Waals surface area contributed by atoms with Gasteiger partial charge < -0.3 is 10.6 Å². The van der Waals surface area contributed by atoms with Crippen molar-refractivity contribution in [2.75, 3.05) is 5.32 Å². The van der Waals surface area contributed by atoms with Gasteiger partial charge in [0, 0.05) is 36.6 Å². The van der Waals surface area contributed by atoms with Gasteiger partial charge in [-0.1, -0.05) is 12.1 Å². The standard InChI is InChI=1S/C21H25N3O.2ClH/c1-14-2-3-17(16-6-8-22-9-7-16)13-20(14)24-21(25)12-15-10-18-4-5-19(11-15)23-18;;/h2-3,6-9,13,15,18-19,23H,4-5,10-12H2,1H3,(H,24,25);2*1H. The van der Waals surface area contributed by atoms with E-state index in [1.54, 1.807) is 12.4 Å². The van der Waals surface area contributed by atoms with E-state index in [-0.39, 0.29) is 30.7 Å². The second-order valence-corrected chi connectivity index (χ2v) is 7.49. The van der Waals surface area contributed by atoms with Crippen molar-refractivity contribution in [3.63, 3.8) is 0 Å². The van der Waals surface area contributed by atoms with Gasteiger partial charge in [0.25, 0.3) is 0 Å². The first kappa shape index (κ1) is 21.7. The van der Waals surface area contributed by atoms with E-state index in [1.165, 1.54) is 12.8 Å². The van der Waals surface area contributed by atoms with Gasteiger partial charge in [-0.25, -0.2) is 0 Å². The van der Waals surface area contributed by atoms with E-state index in [2.05, 4.69) is 33.8 Å². The second-order valence-electron chi connectivity index (χ2n) is 7.49. The first-order valence-electron chi connectivity index (χ1n) is 9.24. The van der Waals surface area contributed by atoms with Crippen LogP contribution in [0.4, 0.5) is 5.69 Å². The van der Waals surface area contributed by atoms with Gasteiger partial charge in [-0.3, -0.25) is 9.78 Å². The lowest BCUT2D eigenvalue weighted by molar-refractivity contribution is -0.117. The Bertz CT molecular complexity index is 757. The maximum absolute atomic E-state index is 12.6. The van der Waals surface area contributed by atoms with Crippen molar-refractivity contribution >= 4 is 36.4 Å². The monoisotopic (exact) mass is 407 g/mol. The lowest BCUT2D eigenvalue weighted by atomic mass is 9.89. The number of aryl methyl sites for hydroxylation is 1. The van der Waals surface area contributed by atoms with Gasteiger partial charge in [-0.15, -0.1) is 24.8 Å². The molecule has 2 N–H and O–H groups in total. The molecule has 0 radical (unpaired) electrons. The average Bonchev–Trinajstić information content (AvgIpc) is 2.96. The smallest absolute Gasteiger partial charge is 0.224 e. The van der Waals surface area contributed by atoms with Crippen LogP contribution < -0.4 is 10.6 Å². The van der Waals surface area contributed by atoms with Crippen LogP contribution in [-0.2, 0) is 4.79 Å². The van der Waals surface area contributed by atoms with Crippen LogP contribution in [0.1, 0.15) is 37.7 Å². The summed E-state index contributed by atoms with van der Waals surface area (Å²) in [5, 5.41) is 6.78. The van der Waals surface area contributed by atoms with Gasteiger partial charge in [-0.2, -0.15) is 0 Å². The van der Waals surface area contributed by atoms with Crippen LogP contribution in [-0.4, -0.2) is 23.0 Å². The van der Waals surface area contributed by atoms with Crippen molar-refractivity contribution in [1.82, 2.24) is 10.3 Å². The van der Waals surface area contributed by atoms with Crippen LogP contribution in [0.2, 0.25) is 0 Å². The molecule has 4 rings (SSSR count). The van der Waals surface area contributed by atoms with Crippen LogP contribution in [0.3, 0.4) is 0 Å². The van der Waals surface area contributed by atoms with Gasteiger partial charge in [0.05, 0.1) is 0 Å². The minimum atomic E-state index is 0. The van der Waals surface area contributed by atoms with E-state index in [0.29, 0.717) is 24.4 Å². The number of anilines is 1. The highest BCUT2D eigenvalue weighted by Gasteiger charge is 2.34. The van der Waals surface area contributed by atoms with Gasteiger partial charge in [-0.05, 0) is 73.4 Å². The van der Waals surface area contributed by atoms with Crippen LogP contribution in [0, 0.1) is 12.8 Å². The zero-order chi connectivity index (χ0) is 17.2. The fraction of sp³-hybridized carbons (Fsp3) is 0.429. The number of carbonyl (C=O) groups excluding carboxylic acids is 1. The largest absolute Gasteiger partial charge is 0.326 e. The summed E-state index contributed by atoms with van der Waals surface area (Å²) in [6.45, 7) is 2.04. The van der Waals surface area contributed by atoms with Crippen molar-refractivity contribution in [2.45, 2.75) is 51.1 Å². The molecule has 2 aliphatic rings. The molecule has 3 heterocycles. The lowest BCUT2D eigenvalue weighted by Gasteiger charge is -2.28. The van der Waals surface area contributed by atoms with Crippen LogP contribution in [0.25, 0.3) is 11.1 Å². The summed E-state index contributed by atoms with van der Waals surface area (Å²) in [7, 11) is 0. The molecule has 1 amide bonds. The maximum Gasteiger partial charge on any atom is 0.224 e. The Hall–Kier alpha value is -1.62. The molecule has 2 aliphatic heterocycles. The number of hydrogen-bond acceptors (Lipinski definition) is 3. The Morgan fingerprint density at radius 2 is 1.74 bits per heavy atom. The van der Waals surface area contributed by atoms with E-state index >= 15 is 0 Å². The summed E-state index contributed by atoms with van der Waals surface area (Å²) in [5.41, 5.74) is 4.22. The summed E-state index contributed by atoms with van der Waals surface area (Å²) in [5.74, 6) is 0.656. The van der Waals surface area contributed by atoms with Crippen molar-refractivity contribution in [1.29, 1.82) is 0 Å². The molecule has 2 atom stereocenters. The summed E-state index contributed by atoms with van der Waals surface area (Å²) in [4.78, 5) is 16.6. The van der Waals surface area contributed by atoms with Crippen molar-refractivity contribution in [3.8, 4) is 11.1 Å². The molecule has 2 unspecified atom stereocenters. The molecular weight excluding hydrogens is 381 g/mol. The molecule has 27 heavy (non-hydrogen) atoms. The number of nitrogens with one attached hydrogen (secondary N) is 2. The van der Waals surface area contributed by atoms with E-state index in [0.717, 1.165) is 35.2 Å². The molecule has 146 valence electrons. The van der Waals surface area contributed by atoms with E-state index in [4.69, 9.17) is 0 Å². The Balaban J connectivity index is 0.00000131. The number of rotatable bonds is 4. The number of piperidine rings is 1. The second kappa shape index (κ2) is 9.54. The zero-order valence-electron chi connectivity index (χ0n) is 15.5. The Morgan fingerprint density at radius 1 is 1.07 bits per heavy atom. The van der Waals surface area contributed by atoms with Crippen LogP contribution >= 0.6 is 24.8 Å². The summed E-state index contributed by atoms with van der Waals surface area (Å²) in [6, 6.07) is 11.5. The molecule has 0 saturated carbocycles. The third-order valence-electron chi connectivity index (χ3n) is 5.57. The predicted molar refractivity (Wildman–Crippen MR) is 115 cm³/mol. The highest BCUT2D eigenvalue weighted by atomic mass is 35.5. The maximum atomic E-state index is 12.6. The zero-order valence-corrected chi connectivity index (χ0v) is 17.1.